The van der Waals surface area contributed by atoms with Gasteiger partial charge in [0.1, 0.15) is 5.75 Å². The fourth-order valence-corrected chi connectivity index (χ4v) is 2.26. The zero-order chi connectivity index (χ0) is 11.2. The molecule has 0 radical (unpaired) electrons. The van der Waals surface area contributed by atoms with Gasteiger partial charge in [0, 0.05) is 10.2 Å². The van der Waals surface area contributed by atoms with E-state index in [1.807, 2.05) is 12.1 Å². The quantitative estimate of drug-likeness (QED) is 0.606. The molecule has 1 atom stereocenters. The van der Waals surface area contributed by atoms with Crippen LogP contribution in [0, 0.1) is 3.57 Å². The van der Waals surface area contributed by atoms with E-state index in [1.165, 1.54) is 16.4 Å². The Balaban J connectivity index is 1.62. The van der Waals surface area contributed by atoms with Crippen LogP contribution < -0.4 is 4.74 Å². The number of ether oxygens (including phenoxy) is 2. The number of hydrogen-bond donors (Lipinski definition) is 0. The molecule has 2 rings (SSSR count). The molecule has 88 valence electrons. The second-order valence-electron chi connectivity index (χ2n) is 4.08. The Labute approximate surface area is 110 Å². The molecule has 1 saturated heterocycles. The Morgan fingerprint density at radius 1 is 1.31 bits per heavy atom. The highest BCUT2D eigenvalue weighted by Crippen LogP contribution is 2.18. The van der Waals surface area contributed by atoms with Gasteiger partial charge in [-0.2, -0.15) is 0 Å². The number of hydrogen-bond acceptors (Lipinski definition) is 2. The zero-order valence-corrected chi connectivity index (χ0v) is 11.5. The van der Waals surface area contributed by atoms with E-state index in [1.54, 1.807) is 0 Å². The average molecular weight is 332 g/mol. The van der Waals surface area contributed by atoms with Crippen LogP contribution in [0.3, 0.4) is 0 Å². The van der Waals surface area contributed by atoms with E-state index in [-0.39, 0.29) is 0 Å². The van der Waals surface area contributed by atoms with Crippen LogP contribution >= 0.6 is 22.6 Å². The lowest BCUT2D eigenvalue weighted by Crippen LogP contribution is -2.07. The van der Waals surface area contributed by atoms with Crippen LogP contribution in [0.2, 0.25) is 0 Å². The van der Waals surface area contributed by atoms with Gasteiger partial charge in [-0.25, -0.2) is 0 Å². The molecule has 0 spiro atoms. The smallest absolute Gasteiger partial charge is 0.119 e. The molecule has 1 aliphatic heterocycles. The van der Waals surface area contributed by atoms with Crippen molar-refractivity contribution in [1.82, 2.24) is 0 Å². The van der Waals surface area contributed by atoms with Crippen molar-refractivity contribution in [3.8, 4) is 5.75 Å². The van der Waals surface area contributed by atoms with Crippen molar-refractivity contribution in [2.75, 3.05) is 13.2 Å². The fraction of sp³-hybridized carbons (Fsp3) is 0.538. The van der Waals surface area contributed by atoms with Gasteiger partial charge < -0.3 is 9.47 Å². The Kier molecular flexibility index (Phi) is 4.91. The lowest BCUT2D eigenvalue weighted by atomic mass is 10.1. The largest absolute Gasteiger partial charge is 0.494 e. The van der Waals surface area contributed by atoms with E-state index >= 15 is 0 Å². The Morgan fingerprint density at radius 2 is 2.12 bits per heavy atom. The summed E-state index contributed by atoms with van der Waals surface area (Å²) in [5, 5.41) is 0. The summed E-state index contributed by atoms with van der Waals surface area (Å²) in [5.74, 6) is 0.966. The first kappa shape index (κ1) is 12.2. The fourth-order valence-electron chi connectivity index (χ4n) is 1.90. The van der Waals surface area contributed by atoms with Crippen LogP contribution in [0.1, 0.15) is 25.7 Å². The zero-order valence-electron chi connectivity index (χ0n) is 9.32. The van der Waals surface area contributed by atoms with E-state index in [0.29, 0.717) is 6.10 Å². The SMILES string of the molecule is Ic1ccc(OCCCC2CCCO2)cc1. The molecule has 0 bridgehead atoms. The highest BCUT2D eigenvalue weighted by Gasteiger charge is 2.14. The standard InChI is InChI=1S/C13H17IO2/c14-11-5-7-13(8-6-11)16-10-2-4-12-3-1-9-15-12/h5-8,12H,1-4,9-10H2. The summed E-state index contributed by atoms with van der Waals surface area (Å²) in [4.78, 5) is 0. The Bertz CT molecular complexity index is 304. The molecular formula is C13H17IO2. The summed E-state index contributed by atoms with van der Waals surface area (Å²) in [7, 11) is 0. The third kappa shape index (κ3) is 3.94. The second-order valence-corrected chi connectivity index (χ2v) is 5.33. The molecule has 16 heavy (non-hydrogen) atoms. The first-order valence-corrected chi connectivity index (χ1v) is 6.92. The van der Waals surface area contributed by atoms with E-state index in [0.717, 1.165) is 31.8 Å². The number of rotatable bonds is 5. The Morgan fingerprint density at radius 3 is 2.81 bits per heavy atom. The van der Waals surface area contributed by atoms with Crippen molar-refractivity contribution in [3.63, 3.8) is 0 Å². The first-order chi connectivity index (χ1) is 7.84. The second kappa shape index (κ2) is 6.45. The molecule has 1 aromatic rings. The van der Waals surface area contributed by atoms with Crippen LogP contribution in [0.5, 0.6) is 5.75 Å². The minimum absolute atomic E-state index is 0.486. The van der Waals surface area contributed by atoms with Gasteiger partial charge in [0.2, 0.25) is 0 Å². The van der Waals surface area contributed by atoms with Crippen LogP contribution in [0.4, 0.5) is 0 Å². The molecular weight excluding hydrogens is 315 g/mol. The van der Waals surface area contributed by atoms with Crippen LogP contribution in [-0.4, -0.2) is 19.3 Å². The summed E-state index contributed by atoms with van der Waals surface area (Å²) in [6, 6.07) is 8.17. The highest BCUT2D eigenvalue weighted by molar-refractivity contribution is 14.1. The Hall–Kier alpha value is -0.290. The topological polar surface area (TPSA) is 18.5 Å². The van der Waals surface area contributed by atoms with Crippen molar-refractivity contribution < 1.29 is 9.47 Å². The minimum atomic E-state index is 0.486. The summed E-state index contributed by atoms with van der Waals surface area (Å²) < 4.78 is 12.5. The average Bonchev–Trinajstić information content (AvgIpc) is 2.80. The first-order valence-electron chi connectivity index (χ1n) is 5.84. The predicted molar refractivity (Wildman–Crippen MR) is 72.9 cm³/mol. The molecule has 2 nitrogen and oxygen atoms in total. The van der Waals surface area contributed by atoms with Crippen LogP contribution in [0.15, 0.2) is 24.3 Å². The van der Waals surface area contributed by atoms with E-state index in [2.05, 4.69) is 34.7 Å². The summed E-state index contributed by atoms with van der Waals surface area (Å²) in [5.41, 5.74) is 0. The van der Waals surface area contributed by atoms with Gasteiger partial charge in [-0.05, 0) is 72.5 Å². The molecule has 0 aliphatic carbocycles. The monoisotopic (exact) mass is 332 g/mol. The van der Waals surface area contributed by atoms with Crippen LogP contribution in [-0.2, 0) is 4.74 Å². The number of benzene rings is 1. The molecule has 0 amide bonds. The van der Waals surface area contributed by atoms with Crippen LogP contribution in [0.25, 0.3) is 0 Å². The maximum Gasteiger partial charge on any atom is 0.119 e. The molecule has 1 aliphatic rings. The van der Waals surface area contributed by atoms with E-state index in [9.17, 15) is 0 Å². The molecule has 0 saturated carbocycles. The molecule has 3 heteroatoms. The predicted octanol–water partition coefficient (Wildman–Crippen LogP) is 3.63. The molecule has 1 aromatic carbocycles. The lowest BCUT2D eigenvalue weighted by molar-refractivity contribution is 0.0981. The van der Waals surface area contributed by atoms with Crippen molar-refractivity contribution in [2.24, 2.45) is 0 Å². The summed E-state index contributed by atoms with van der Waals surface area (Å²) in [6.07, 6.45) is 5.15. The normalized spacial score (nSPS) is 19.9. The van der Waals surface area contributed by atoms with Gasteiger partial charge in [-0.1, -0.05) is 0 Å². The molecule has 0 N–H and O–H groups in total. The van der Waals surface area contributed by atoms with Gasteiger partial charge in [0.25, 0.3) is 0 Å². The van der Waals surface area contributed by atoms with Crippen molar-refractivity contribution in [3.05, 3.63) is 27.8 Å². The minimum Gasteiger partial charge on any atom is -0.494 e. The molecule has 1 unspecified atom stereocenters. The van der Waals surface area contributed by atoms with Crippen molar-refractivity contribution in [1.29, 1.82) is 0 Å². The summed E-state index contributed by atoms with van der Waals surface area (Å²) in [6.45, 7) is 1.74. The third-order valence-corrected chi connectivity index (χ3v) is 3.50. The van der Waals surface area contributed by atoms with Gasteiger partial charge in [0.05, 0.1) is 12.7 Å². The third-order valence-electron chi connectivity index (χ3n) is 2.78. The van der Waals surface area contributed by atoms with Gasteiger partial charge in [-0.3, -0.25) is 0 Å². The van der Waals surface area contributed by atoms with Crippen molar-refractivity contribution >= 4 is 22.6 Å². The number of halogens is 1. The lowest BCUT2D eigenvalue weighted by Gasteiger charge is -2.10. The van der Waals surface area contributed by atoms with Gasteiger partial charge >= 0.3 is 0 Å². The maximum absolute atomic E-state index is 5.66. The molecule has 1 fully saturated rings. The molecule has 1 heterocycles. The van der Waals surface area contributed by atoms with E-state index in [4.69, 9.17) is 9.47 Å². The van der Waals surface area contributed by atoms with Crippen molar-refractivity contribution in [2.45, 2.75) is 31.8 Å². The maximum atomic E-state index is 5.66. The van der Waals surface area contributed by atoms with E-state index < -0.39 is 0 Å². The van der Waals surface area contributed by atoms with Gasteiger partial charge in [0.15, 0.2) is 0 Å². The summed E-state index contributed by atoms with van der Waals surface area (Å²) >= 11 is 2.29. The molecule has 0 aromatic heterocycles. The highest BCUT2D eigenvalue weighted by atomic mass is 127. The van der Waals surface area contributed by atoms with Gasteiger partial charge in [-0.15, -0.1) is 0 Å².